The zero-order valence-corrected chi connectivity index (χ0v) is 6.56. The summed E-state index contributed by atoms with van der Waals surface area (Å²) in [6.07, 6.45) is -5.02. The van der Waals surface area contributed by atoms with Gasteiger partial charge in [0.15, 0.2) is 0 Å². The zero-order valence-electron chi connectivity index (χ0n) is 6.56. The molecule has 1 saturated heterocycles. The molecule has 0 saturated carbocycles. The fourth-order valence-corrected chi connectivity index (χ4v) is 0.721. The van der Waals surface area contributed by atoms with Crippen LogP contribution in [0.4, 0.5) is 13.2 Å². The third kappa shape index (κ3) is 3.93. The van der Waals surface area contributed by atoms with E-state index >= 15 is 0 Å². The predicted octanol–water partition coefficient (Wildman–Crippen LogP) is 1.39. The van der Waals surface area contributed by atoms with Crippen LogP contribution in [0.3, 0.4) is 0 Å². The quantitative estimate of drug-likeness (QED) is 0.389. The average molecular weight is 196 g/mol. The third-order valence-corrected chi connectivity index (χ3v) is 1.37. The molecule has 3 nitrogen and oxygen atoms in total. The summed E-state index contributed by atoms with van der Waals surface area (Å²) < 4.78 is 42.4. The molecule has 0 aromatic heterocycles. The predicted molar refractivity (Wildman–Crippen MR) is 35.6 cm³/mol. The van der Waals surface area contributed by atoms with Crippen LogP contribution in [0.25, 0.3) is 0 Å². The molecule has 6 heteroatoms. The van der Waals surface area contributed by atoms with Crippen molar-refractivity contribution in [3.05, 3.63) is 12.2 Å². The van der Waals surface area contributed by atoms with Gasteiger partial charge < -0.3 is 9.47 Å². The summed E-state index contributed by atoms with van der Waals surface area (Å²) in [4.78, 5) is 10.6. The molecule has 0 N–H and O–H groups in total. The topological polar surface area (TPSA) is 38.8 Å². The van der Waals surface area contributed by atoms with Crippen LogP contribution in [0.2, 0.25) is 0 Å². The lowest BCUT2D eigenvalue weighted by Crippen LogP contribution is -2.20. The van der Waals surface area contributed by atoms with E-state index in [4.69, 9.17) is 4.74 Å². The normalized spacial score (nSPS) is 21.0. The molecule has 0 spiro atoms. The Morgan fingerprint density at radius 2 is 2.15 bits per heavy atom. The summed E-state index contributed by atoms with van der Waals surface area (Å²) in [7, 11) is 0. The van der Waals surface area contributed by atoms with Crippen molar-refractivity contribution in [2.24, 2.45) is 0 Å². The van der Waals surface area contributed by atoms with E-state index < -0.39 is 12.3 Å². The third-order valence-electron chi connectivity index (χ3n) is 1.37. The molecule has 0 amide bonds. The molecule has 1 atom stereocenters. The van der Waals surface area contributed by atoms with Crippen LogP contribution < -0.4 is 0 Å². The van der Waals surface area contributed by atoms with Gasteiger partial charge in [-0.3, -0.25) is 0 Å². The molecular formula is C7H7F3O3. The highest BCUT2D eigenvalue weighted by molar-refractivity contribution is 5.87. The van der Waals surface area contributed by atoms with E-state index in [9.17, 15) is 18.0 Å². The first-order chi connectivity index (χ1) is 5.88. The molecular weight excluding hydrogens is 189 g/mol. The number of esters is 1. The lowest BCUT2D eigenvalue weighted by atomic mass is 10.2. The van der Waals surface area contributed by atoms with Gasteiger partial charge >= 0.3 is 12.3 Å². The van der Waals surface area contributed by atoms with E-state index in [1.807, 2.05) is 0 Å². The van der Waals surface area contributed by atoms with E-state index in [2.05, 4.69) is 11.3 Å². The second-order valence-electron chi connectivity index (χ2n) is 2.60. The van der Waals surface area contributed by atoms with Gasteiger partial charge in [0.05, 0.1) is 12.7 Å². The molecule has 1 unspecified atom stereocenters. The Kier molecular flexibility index (Phi) is 2.60. The van der Waals surface area contributed by atoms with Crippen molar-refractivity contribution in [2.75, 3.05) is 6.61 Å². The van der Waals surface area contributed by atoms with Crippen LogP contribution >= 0.6 is 0 Å². The minimum Gasteiger partial charge on any atom is -0.373 e. The second-order valence-corrected chi connectivity index (χ2v) is 2.60. The number of carbonyl (C=O) groups is 1. The van der Waals surface area contributed by atoms with E-state index in [0.717, 1.165) is 0 Å². The number of alkyl halides is 3. The highest BCUT2D eigenvalue weighted by atomic mass is 19.4. The van der Waals surface area contributed by atoms with Gasteiger partial charge in [0.2, 0.25) is 0 Å². The smallest absolute Gasteiger partial charge is 0.373 e. The molecule has 0 bridgehead atoms. The minimum absolute atomic E-state index is 0.0922. The first kappa shape index (κ1) is 10.0. The Bertz CT molecular complexity index is 230. The molecule has 1 aliphatic rings. The number of hydrogen-bond donors (Lipinski definition) is 0. The number of halogens is 3. The number of carbonyl (C=O) groups excluding carboxylic acids is 1. The van der Waals surface area contributed by atoms with E-state index in [1.165, 1.54) is 0 Å². The van der Waals surface area contributed by atoms with E-state index in [0.29, 0.717) is 6.61 Å². The number of ether oxygens (including phenoxy) is 2. The van der Waals surface area contributed by atoms with Crippen LogP contribution in [-0.2, 0) is 14.3 Å². The highest BCUT2D eigenvalue weighted by Gasteiger charge is 2.36. The maximum Gasteiger partial charge on any atom is 0.575 e. The summed E-state index contributed by atoms with van der Waals surface area (Å²) in [5.41, 5.74) is -0.222. The summed E-state index contributed by atoms with van der Waals surface area (Å²) in [5, 5.41) is 0. The van der Waals surface area contributed by atoms with Crippen molar-refractivity contribution in [1.82, 2.24) is 0 Å². The number of hydrogen-bond acceptors (Lipinski definition) is 3. The zero-order chi connectivity index (χ0) is 10.1. The fourth-order valence-electron chi connectivity index (χ4n) is 0.721. The van der Waals surface area contributed by atoms with Crippen LogP contribution in [0.5, 0.6) is 0 Å². The van der Waals surface area contributed by atoms with Crippen LogP contribution in [0, 0.1) is 0 Å². The standard InChI is InChI=1S/C7H7F3O3/c1-4(2-5-3-12-5)6(11)13-7(8,9)10/h5H,1-3H2. The Morgan fingerprint density at radius 3 is 2.54 bits per heavy atom. The second kappa shape index (κ2) is 3.37. The molecule has 0 radical (unpaired) electrons. The molecule has 0 aliphatic carbocycles. The summed E-state index contributed by atoms with van der Waals surface area (Å²) in [6, 6.07) is 0. The number of rotatable bonds is 3. The van der Waals surface area contributed by atoms with Crippen LogP contribution in [0.1, 0.15) is 6.42 Å². The summed E-state index contributed by atoms with van der Waals surface area (Å²) in [6.45, 7) is 3.62. The van der Waals surface area contributed by atoms with Crippen molar-refractivity contribution in [3.63, 3.8) is 0 Å². The minimum atomic E-state index is -4.94. The Balaban J connectivity index is 2.33. The van der Waals surface area contributed by atoms with Gasteiger partial charge in [0.25, 0.3) is 0 Å². The summed E-state index contributed by atoms with van der Waals surface area (Å²) in [5.74, 6) is -1.44. The Morgan fingerprint density at radius 1 is 1.62 bits per heavy atom. The van der Waals surface area contributed by atoms with Gasteiger partial charge in [-0.15, -0.1) is 13.2 Å². The molecule has 1 rings (SSSR count). The lowest BCUT2D eigenvalue weighted by Gasteiger charge is -2.07. The van der Waals surface area contributed by atoms with Gasteiger partial charge in [-0.2, -0.15) is 0 Å². The van der Waals surface area contributed by atoms with Gasteiger partial charge in [0.1, 0.15) is 0 Å². The molecule has 1 heterocycles. The van der Waals surface area contributed by atoms with Crippen molar-refractivity contribution in [1.29, 1.82) is 0 Å². The van der Waals surface area contributed by atoms with Crippen molar-refractivity contribution < 1.29 is 27.4 Å². The Labute approximate surface area is 72.1 Å². The summed E-state index contributed by atoms with van der Waals surface area (Å²) >= 11 is 0. The van der Waals surface area contributed by atoms with Gasteiger partial charge in [-0.1, -0.05) is 6.58 Å². The van der Waals surface area contributed by atoms with E-state index in [-0.39, 0.29) is 18.1 Å². The van der Waals surface area contributed by atoms with Crippen LogP contribution in [-0.4, -0.2) is 25.0 Å². The van der Waals surface area contributed by atoms with Gasteiger partial charge in [-0.25, -0.2) is 4.79 Å². The molecule has 74 valence electrons. The molecule has 13 heavy (non-hydrogen) atoms. The van der Waals surface area contributed by atoms with Crippen LogP contribution in [0.15, 0.2) is 12.2 Å². The fraction of sp³-hybridized carbons (Fsp3) is 0.571. The number of epoxide rings is 1. The maximum atomic E-state index is 11.5. The maximum absolute atomic E-state index is 11.5. The van der Waals surface area contributed by atoms with Crippen molar-refractivity contribution in [2.45, 2.75) is 18.9 Å². The highest BCUT2D eigenvalue weighted by Crippen LogP contribution is 2.22. The average Bonchev–Trinajstić information content (AvgIpc) is 2.67. The lowest BCUT2D eigenvalue weighted by molar-refractivity contribution is -0.303. The first-order valence-corrected chi connectivity index (χ1v) is 3.48. The van der Waals surface area contributed by atoms with Gasteiger partial charge in [-0.05, 0) is 0 Å². The van der Waals surface area contributed by atoms with Crippen molar-refractivity contribution in [3.8, 4) is 0 Å². The molecule has 1 fully saturated rings. The molecule has 0 aromatic carbocycles. The van der Waals surface area contributed by atoms with Gasteiger partial charge in [0, 0.05) is 12.0 Å². The SMILES string of the molecule is C=C(CC1CO1)C(=O)OC(F)(F)F. The first-order valence-electron chi connectivity index (χ1n) is 3.48. The molecule has 1 aliphatic heterocycles. The largest absolute Gasteiger partial charge is 0.575 e. The molecule has 0 aromatic rings. The Hall–Kier alpha value is -1.04. The monoisotopic (exact) mass is 196 g/mol. The van der Waals surface area contributed by atoms with Crippen molar-refractivity contribution >= 4 is 5.97 Å². The van der Waals surface area contributed by atoms with E-state index in [1.54, 1.807) is 0 Å².